The Bertz CT molecular complexity index is 725. The minimum absolute atomic E-state index is 0.154. The number of carbonyl (C=O) groups is 1. The molecule has 0 unspecified atom stereocenters. The van der Waals surface area contributed by atoms with Gasteiger partial charge in [-0.1, -0.05) is 36.8 Å². The molecule has 2 amide bonds. The Labute approximate surface area is 161 Å². The van der Waals surface area contributed by atoms with Gasteiger partial charge in [-0.15, -0.1) is 0 Å². The maximum Gasteiger partial charge on any atom is 0.319 e. The van der Waals surface area contributed by atoms with Crippen molar-refractivity contribution in [2.75, 3.05) is 38.6 Å². The van der Waals surface area contributed by atoms with Gasteiger partial charge in [0.15, 0.2) is 0 Å². The van der Waals surface area contributed by atoms with Gasteiger partial charge in [0.1, 0.15) is 5.75 Å². The number of para-hydroxylation sites is 1. The number of benzene rings is 2. The monoisotopic (exact) mass is 367 g/mol. The molecular formula is C22H29N3O2. The second kappa shape index (κ2) is 9.97. The number of anilines is 1. The Morgan fingerprint density at radius 2 is 1.78 bits per heavy atom. The third kappa shape index (κ3) is 5.73. The fourth-order valence-corrected chi connectivity index (χ4v) is 3.48. The van der Waals surface area contributed by atoms with Crippen molar-refractivity contribution in [2.45, 2.75) is 25.7 Å². The number of piperidine rings is 1. The molecular weight excluding hydrogens is 338 g/mol. The highest BCUT2D eigenvalue weighted by Crippen LogP contribution is 2.30. The number of methoxy groups -OCH3 is 1. The van der Waals surface area contributed by atoms with Gasteiger partial charge in [0, 0.05) is 17.8 Å². The summed E-state index contributed by atoms with van der Waals surface area (Å²) < 4.78 is 5.41. The summed E-state index contributed by atoms with van der Waals surface area (Å²) in [6.07, 6.45) is 4.95. The number of likely N-dealkylation sites (tertiary alicyclic amines) is 1. The highest BCUT2D eigenvalue weighted by Gasteiger charge is 2.09. The molecule has 0 aromatic heterocycles. The van der Waals surface area contributed by atoms with Crippen LogP contribution in [0, 0.1) is 0 Å². The van der Waals surface area contributed by atoms with E-state index in [0.29, 0.717) is 6.54 Å². The predicted molar refractivity (Wildman–Crippen MR) is 110 cm³/mol. The molecule has 1 fully saturated rings. The molecule has 5 nitrogen and oxygen atoms in total. The fourth-order valence-electron chi connectivity index (χ4n) is 3.48. The Balaban J connectivity index is 1.44. The van der Waals surface area contributed by atoms with Crippen LogP contribution in [0.5, 0.6) is 5.75 Å². The van der Waals surface area contributed by atoms with E-state index in [2.05, 4.69) is 15.5 Å². The normalized spacial score (nSPS) is 14.6. The van der Waals surface area contributed by atoms with Crippen molar-refractivity contribution in [1.82, 2.24) is 10.2 Å². The topological polar surface area (TPSA) is 53.6 Å². The average molecular weight is 367 g/mol. The SMILES string of the molecule is COc1ccccc1-c1ccc(NC(=O)NCCCN2CCCCC2)cc1. The van der Waals surface area contributed by atoms with E-state index in [1.54, 1.807) is 7.11 Å². The minimum atomic E-state index is -0.154. The number of carbonyl (C=O) groups excluding carboxylic acids is 1. The number of nitrogens with one attached hydrogen (secondary N) is 2. The molecule has 0 radical (unpaired) electrons. The third-order valence-corrected chi connectivity index (χ3v) is 4.95. The molecule has 2 aromatic rings. The van der Waals surface area contributed by atoms with E-state index in [1.807, 2.05) is 48.5 Å². The van der Waals surface area contributed by atoms with Crippen molar-refractivity contribution in [3.63, 3.8) is 0 Å². The Kier molecular flexibility index (Phi) is 7.11. The molecule has 1 aliphatic rings. The van der Waals surface area contributed by atoms with E-state index < -0.39 is 0 Å². The number of amides is 2. The molecule has 3 rings (SSSR count). The highest BCUT2D eigenvalue weighted by atomic mass is 16.5. The molecule has 0 saturated carbocycles. The number of rotatable bonds is 7. The van der Waals surface area contributed by atoms with Gasteiger partial charge in [-0.3, -0.25) is 0 Å². The Morgan fingerprint density at radius 1 is 1.04 bits per heavy atom. The van der Waals surface area contributed by atoms with Crippen molar-refractivity contribution < 1.29 is 9.53 Å². The number of urea groups is 1. The molecule has 0 spiro atoms. The zero-order valence-corrected chi connectivity index (χ0v) is 16.0. The Morgan fingerprint density at radius 3 is 2.52 bits per heavy atom. The van der Waals surface area contributed by atoms with Crippen LogP contribution in [0.25, 0.3) is 11.1 Å². The molecule has 0 bridgehead atoms. The second-order valence-electron chi connectivity index (χ2n) is 6.91. The number of ether oxygens (including phenoxy) is 1. The molecule has 1 heterocycles. The summed E-state index contributed by atoms with van der Waals surface area (Å²) in [6.45, 7) is 4.16. The standard InChI is InChI=1S/C22H29N3O2/c1-27-21-9-4-3-8-20(21)18-10-12-19(13-11-18)24-22(26)23-14-7-17-25-15-5-2-6-16-25/h3-4,8-13H,2,5-7,14-17H2,1H3,(H2,23,24,26). The van der Waals surface area contributed by atoms with E-state index in [-0.39, 0.29) is 6.03 Å². The lowest BCUT2D eigenvalue weighted by Crippen LogP contribution is -2.34. The first kappa shape index (κ1) is 19.2. The summed E-state index contributed by atoms with van der Waals surface area (Å²) in [7, 11) is 1.67. The quantitative estimate of drug-likeness (QED) is 0.715. The zero-order chi connectivity index (χ0) is 18.9. The predicted octanol–water partition coefficient (Wildman–Crippen LogP) is 4.36. The van der Waals surface area contributed by atoms with Crippen LogP contribution in [0.2, 0.25) is 0 Å². The second-order valence-corrected chi connectivity index (χ2v) is 6.91. The molecule has 144 valence electrons. The van der Waals surface area contributed by atoms with E-state index in [9.17, 15) is 4.79 Å². The van der Waals surface area contributed by atoms with Crippen LogP contribution in [0.15, 0.2) is 48.5 Å². The van der Waals surface area contributed by atoms with Gasteiger partial charge in [-0.25, -0.2) is 4.79 Å². The number of hydrogen-bond acceptors (Lipinski definition) is 3. The summed E-state index contributed by atoms with van der Waals surface area (Å²) in [5, 5.41) is 5.83. The molecule has 2 N–H and O–H groups in total. The first-order chi connectivity index (χ1) is 13.3. The maximum absolute atomic E-state index is 12.1. The zero-order valence-electron chi connectivity index (χ0n) is 16.0. The first-order valence-electron chi connectivity index (χ1n) is 9.77. The van der Waals surface area contributed by atoms with Crippen molar-refractivity contribution in [2.24, 2.45) is 0 Å². The molecule has 0 aliphatic carbocycles. The summed E-state index contributed by atoms with van der Waals surface area (Å²) in [6, 6.07) is 15.6. The van der Waals surface area contributed by atoms with E-state index in [1.165, 1.54) is 32.4 Å². The molecule has 5 heteroatoms. The van der Waals surface area contributed by atoms with Gasteiger partial charge >= 0.3 is 6.03 Å². The van der Waals surface area contributed by atoms with Gasteiger partial charge in [-0.05, 0) is 62.7 Å². The van der Waals surface area contributed by atoms with Gasteiger partial charge in [0.25, 0.3) is 0 Å². The largest absolute Gasteiger partial charge is 0.496 e. The molecule has 1 saturated heterocycles. The summed E-state index contributed by atoms with van der Waals surface area (Å²) in [5.74, 6) is 0.838. The highest BCUT2D eigenvalue weighted by molar-refractivity contribution is 5.89. The smallest absolute Gasteiger partial charge is 0.319 e. The lowest BCUT2D eigenvalue weighted by atomic mass is 10.0. The van der Waals surface area contributed by atoms with Crippen molar-refractivity contribution >= 4 is 11.7 Å². The molecule has 0 atom stereocenters. The minimum Gasteiger partial charge on any atom is -0.496 e. The lowest BCUT2D eigenvalue weighted by molar-refractivity contribution is 0.224. The molecule has 2 aromatic carbocycles. The van der Waals surface area contributed by atoms with Crippen molar-refractivity contribution in [3.8, 4) is 16.9 Å². The van der Waals surface area contributed by atoms with Gasteiger partial charge in [0.05, 0.1) is 7.11 Å². The van der Waals surface area contributed by atoms with E-state index in [0.717, 1.165) is 35.5 Å². The number of nitrogens with zero attached hydrogens (tertiary/aromatic N) is 1. The van der Waals surface area contributed by atoms with Crippen LogP contribution in [0.4, 0.5) is 10.5 Å². The van der Waals surface area contributed by atoms with Gasteiger partial charge in [-0.2, -0.15) is 0 Å². The third-order valence-electron chi connectivity index (χ3n) is 4.95. The van der Waals surface area contributed by atoms with Gasteiger partial charge < -0.3 is 20.3 Å². The van der Waals surface area contributed by atoms with Crippen molar-refractivity contribution in [1.29, 1.82) is 0 Å². The fraction of sp³-hybridized carbons (Fsp3) is 0.409. The summed E-state index contributed by atoms with van der Waals surface area (Å²) in [5.41, 5.74) is 2.87. The van der Waals surface area contributed by atoms with Gasteiger partial charge in [0.2, 0.25) is 0 Å². The van der Waals surface area contributed by atoms with Crippen LogP contribution in [-0.4, -0.2) is 44.2 Å². The average Bonchev–Trinajstić information content (AvgIpc) is 2.72. The van der Waals surface area contributed by atoms with Crippen LogP contribution >= 0.6 is 0 Å². The Hall–Kier alpha value is -2.53. The lowest BCUT2D eigenvalue weighted by Gasteiger charge is -2.26. The van der Waals surface area contributed by atoms with E-state index in [4.69, 9.17) is 4.74 Å². The maximum atomic E-state index is 12.1. The van der Waals surface area contributed by atoms with Crippen LogP contribution in [-0.2, 0) is 0 Å². The first-order valence-corrected chi connectivity index (χ1v) is 9.77. The van der Waals surface area contributed by atoms with Crippen LogP contribution in [0.3, 0.4) is 0 Å². The molecule has 1 aliphatic heterocycles. The van der Waals surface area contributed by atoms with E-state index >= 15 is 0 Å². The number of hydrogen-bond donors (Lipinski definition) is 2. The van der Waals surface area contributed by atoms with Crippen LogP contribution in [0.1, 0.15) is 25.7 Å². The van der Waals surface area contributed by atoms with Crippen molar-refractivity contribution in [3.05, 3.63) is 48.5 Å². The summed E-state index contributed by atoms with van der Waals surface area (Å²) in [4.78, 5) is 14.5. The summed E-state index contributed by atoms with van der Waals surface area (Å²) >= 11 is 0. The van der Waals surface area contributed by atoms with Crippen LogP contribution < -0.4 is 15.4 Å². The molecule has 27 heavy (non-hydrogen) atoms.